The van der Waals surface area contributed by atoms with Crippen molar-refractivity contribution in [2.45, 2.75) is 32.3 Å². The van der Waals surface area contributed by atoms with Crippen LogP contribution in [0.25, 0.3) is 0 Å². The summed E-state index contributed by atoms with van der Waals surface area (Å²) in [6.07, 6.45) is 1.49. The molecule has 0 aromatic heterocycles. The summed E-state index contributed by atoms with van der Waals surface area (Å²) in [5.74, 6) is 0. The number of rotatable bonds is 5. The lowest BCUT2D eigenvalue weighted by molar-refractivity contribution is 0.121. The van der Waals surface area contributed by atoms with Gasteiger partial charge in [-0.05, 0) is 12.8 Å². The normalized spacial score (nSPS) is 13.8. The van der Waals surface area contributed by atoms with Gasteiger partial charge in [0.2, 0.25) is 0 Å². The van der Waals surface area contributed by atoms with Gasteiger partial charge in [-0.3, -0.25) is 4.55 Å². The third-order valence-electron chi connectivity index (χ3n) is 1.76. The highest BCUT2D eigenvalue weighted by molar-refractivity contribution is 7.81. The van der Waals surface area contributed by atoms with Gasteiger partial charge in [-0.25, -0.2) is 4.18 Å². The molecule has 0 fully saturated rings. The second-order valence-corrected chi connectivity index (χ2v) is 3.55. The Morgan fingerprint density at radius 2 is 1.92 bits per heavy atom. The summed E-state index contributed by atoms with van der Waals surface area (Å²) in [5, 5.41) is 11.0. The summed E-state index contributed by atoms with van der Waals surface area (Å²) in [6, 6.07) is 0. The molecule has 0 aliphatic carbocycles. The van der Waals surface area contributed by atoms with Gasteiger partial charge in [0.15, 0.2) is 0 Å². The van der Waals surface area contributed by atoms with Crippen LogP contribution < -0.4 is 0 Å². The van der Waals surface area contributed by atoms with Gasteiger partial charge in [-0.2, -0.15) is 8.42 Å². The molecule has 0 radical (unpaired) electrons. The summed E-state index contributed by atoms with van der Waals surface area (Å²) in [4.78, 5) is 0. The van der Waals surface area contributed by atoms with E-state index in [1.807, 2.05) is 0 Å². The molecule has 0 atom stereocenters. The van der Waals surface area contributed by atoms with Crippen molar-refractivity contribution in [2.24, 2.45) is 5.16 Å². The maximum Gasteiger partial charge on any atom is 0.398 e. The molecule has 0 saturated heterocycles. The van der Waals surface area contributed by atoms with Crippen LogP contribution in [0.2, 0.25) is 0 Å². The molecule has 7 heteroatoms. The highest BCUT2D eigenvalue weighted by atomic mass is 32.3. The van der Waals surface area contributed by atoms with E-state index in [0.29, 0.717) is 0 Å². The van der Waals surface area contributed by atoms with Crippen molar-refractivity contribution < 1.29 is 22.4 Å². The zero-order valence-electron chi connectivity index (χ0n) is 7.47. The monoisotopic (exact) mass is 211 g/mol. The molecule has 0 aliphatic heterocycles. The van der Waals surface area contributed by atoms with Crippen molar-refractivity contribution in [1.82, 2.24) is 0 Å². The maximum absolute atomic E-state index is 10.4. The predicted octanol–water partition coefficient (Wildman–Crippen LogP) is 0.825. The summed E-state index contributed by atoms with van der Waals surface area (Å²) in [5.41, 5.74) is -1.26. The lowest BCUT2D eigenvalue weighted by atomic mass is 10.00. The number of nitrogens with zero attached hydrogens (tertiary/aromatic N) is 1. The molecular weight excluding hydrogens is 198 g/mol. The van der Waals surface area contributed by atoms with Gasteiger partial charge in [0.05, 0.1) is 6.21 Å². The molecule has 0 amide bonds. The van der Waals surface area contributed by atoms with E-state index in [0.717, 1.165) is 6.21 Å². The molecule has 6 nitrogen and oxygen atoms in total. The first-order chi connectivity index (χ1) is 5.89. The fraction of sp³-hybridized carbons (Fsp3) is 0.833. The van der Waals surface area contributed by atoms with Crippen LogP contribution in [0, 0.1) is 0 Å². The van der Waals surface area contributed by atoms with Gasteiger partial charge in [-0.15, -0.1) is 0 Å². The smallest absolute Gasteiger partial charge is 0.398 e. The highest BCUT2D eigenvalue weighted by Gasteiger charge is 2.31. The largest absolute Gasteiger partial charge is 0.411 e. The third-order valence-corrected chi connectivity index (χ3v) is 2.30. The highest BCUT2D eigenvalue weighted by Crippen LogP contribution is 2.20. The van der Waals surface area contributed by atoms with Crippen LogP contribution in [0.4, 0.5) is 0 Å². The standard InChI is InChI=1S/C6H13NO5S/c1-3-6(4-2,5-7-8)12-13(9,10)11/h5,8H,3-4H2,1-2H3,(H,9,10,11)/b7-5+. The van der Waals surface area contributed by atoms with Crippen molar-refractivity contribution in [3.63, 3.8) is 0 Å². The van der Waals surface area contributed by atoms with Crippen molar-refractivity contribution in [3.8, 4) is 0 Å². The lowest BCUT2D eigenvalue weighted by Crippen LogP contribution is -2.35. The van der Waals surface area contributed by atoms with Crippen LogP contribution in [0.5, 0.6) is 0 Å². The maximum atomic E-state index is 10.4. The first-order valence-electron chi connectivity index (χ1n) is 3.75. The Kier molecular flexibility index (Phi) is 4.31. The second kappa shape index (κ2) is 4.54. The average molecular weight is 211 g/mol. The Balaban J connectivity index is 4.78. The topological polar surface area (TPSA) is 96.2 Å². The number of hydrogen-bond acceptors (Lipinski definition) is 5. The van der Waals surface area contributed by atoms with E-state index in [9.17, 15) is 8.42 Å². The van der Waals surface area contributed by atoms with Gasteiger partial charge < -0.3 is 5.21 Å². The molecule has 0 unspecified atom stereocenters. The molecule has 2 N–H and O–H groups in total. The Hall–Kier alpha value is -0.660. The van der Waals surface area contributed by atoms with Crippen LogP contribution in [0.15, 0.2) is 5.16 Å². The van der Waals surface area contributed by atoms with E-state index >= 15 is 0 Å². The molecule has 78 valence electrons. The first-order valence-corrected chi connectivity index (χ1v) is 5.12. The minimum atomic E-state index is -4.53. The van der Waals surface area contributed by atoms with E-state index < -0.39 is 16.0 Å². The van der Waals surface area contributed by atoms with E-state index in [2.05, 4.69) is 9.34 Å². The first kappa shape index (κ1) is 12.3. The molecule has 0 spiro atoms. The minimum absolute atomic E-state index is 0.271. The van der Waals surface area contributed by atoms with Crippen molar-refractivity contribution in [2.75, 3.05) is 0 Å². The SMILES string of the molecule is CCC(/C=N/O)(CC)OS(=O)(=O)O. The Morgan fingerprint density at radius 3 is 2.15 bits per heavy atom. The quantitative estimate of drug-likeness (QED) is 0.304. The van der Waals surface area contributed by atoms with Gasteiger partial charge in [0.25, 0.3) is 0 Å². The molecular formula is C6H13NO5S. The molecule has 0 aliphatic rings. The molecule has 0 rings (SSSR count). The molecule has 0 heterocycles. The summed E-state index contributed by atoms with van der Waals surface area (Å²) >= 11 is 0. The summed E-state index contributed by atoms with van der Waals surface area (Å²) in [7, 11) is -4.53. The fourth-order valence-electron chi connectivity index (χ4n) is 0.887. The van der Waals surface area contributed by atoms with E-state index in [-0.39, 0.29) is 12.8 Å². The van der Waals surface area contributed by atoms with Gasteiger partial charge in [0, 0.05) is 0 Å². The van der Waals surface area contributed by atoms with E-state index in [4.69, 9.17) is 9.76 Å². The van der Waals surface area contributed by atoms with Crippen molar-refractivity contribution >= 4 is 16.6 Å². The van der Waals surface area contributed by atoms with E-state index in [1.54, 1.807) is 13.8 Å². The van der Waals surface area contributed by atoms with Gasteiger partial charge in [0.1, 0.15) is 5.60 Å². The molecule has 0 saturated carbocycles. The summed E-state index contributed by atoms with van der Waals surface area (Å²) < 4.78 is 33.7. The van der Waals surface area contributed by atoms with Crippen molar-refractivity contribution in [3.05, 3.63) is 0 Å². The lowest BCUT2D eigenvalue weighted by Gasteiger charge is -2.23. The summed E-state index contributed by atoms with van der Waals surface area (Å²) in [6.45, 7) is 3.30. The van der Waals surface area contributed by atoms with Crippen molar-refractivity contribution in [1.29, 1.82) is 0 Å². The predicted molar refractivity (Wildman–Crippen MR) is 46.2 cm³/mol. The van der Waals surface area contributed by atoms with Gasteiger partial charge in [-0.1, -0.05) is 19.0 Å². The zero-order valence-corrected chi connectivity index (χ0v) is 8.28. The second-order valence-electron chi connectivity index (χ2n) is 2.53. The number of hydrogen-bond donors (Lipinski definition) is 2. The molecule has 0 bridgehead atoms. The van der Waals surface area contributed by atoms with Crippen LogP contribution in [-0.2, 0) is 14.6 Å². The average Bonchev–Trinajstić information content (AvgIpc) is 2.01. The Labute approximate surface area is 77.2 Å². The fourth-order valence-corrected chi connectivity index (χ4v) is 1.59. The molecule has 0 aromatic rings. The zero-order chi connectivity index (χ0) is 10.5. The minimum Gasteiger partial charge on any atom is -0.411 e. The van der Waals surface area contributed by atoms with E-state index in [1.165, 1.54) is 0 Å². The van der Waals surface area contributed by atoms with Crippen LogP contribution >= 0.6 is 0 Å². The van der Waals surface area contributed by atoms with Crippen LogP contribution in [0.1, 0.15) is 26.7 Å². The third kappa shape index (κ3) is 4.20. The van der Waals surface area contributed by atoms with Crippen LogP contribution in [0.3, 0.4) is 0 Å². The number of oxime groups is 1. The Bertz CT molecular complexity index is 267. The Morgan fingerprint density at radius 1 is 1.46 bits per heavy atom. The van der Waals surface area contributed by atoms with Gasteiger partial charge >= 0.3 is 10.4 Å². The van der Waals surface area contributed by atoms with Crippen LogP contribution in [-0.4, -0.2) is 30.0 Å². The molecule has 0 aromatic carbocycles. The molecule has 13 heavy (non-hydrogen) atoms.